The molecule has 2 aromatic rings. The summed E-state index contributed by atoms with van der Waals surface area (Å²) < 4.78 is 30.7. The number of alkyl halides is 2. The summed E-state index contributed by atoms with van der Waals surface area (Å²) in [5.74, 6) is -2.89. The largest absolute Gasteiger partial charge is 0.480 e. The number of amides is 2. The Morgan fingerprint density at radius 2 is 1.66 bits per heavy atom. The molecule has 0 bridgehead atoms. The number of carboxylic acids is 1. The number of halogens is 2. The minimum Gasteiger partial charge on any atom is -0.480 e. The van der Waals surface area contributed by atoms with E-state index < -0.39 is 48.8 Å². The maximum Gasteiger partial charge on any atom is 0.407 e. The van der Waals surface area contributed by atoms with E-state index in [1.807, 2.05) is 48.5 Å². The molecule has 2 aliphatic carbocycles. The van der Waals surface area contributed by atoms with Crippen molar-refractivity contribution in [2.45, 2.75) is 43.7 Å². The first kappa shape index (κ1) is 24.4. The molecule has 0 saturated carbocycles. The fourth-order valence-electron chi connectivity index (χ4n) is 4.69. The fraction of sp³-hybridized carbons (Fsp3) is 0.346. The third-order valence-corrected chi connectivity index (χ3v) is 6.37. The van der Waals surface area contributed by atoms with Gasteiger partial charge in [-0.25, -0.2) is 18.4 Å². The molecule has 0 aromatic heterocycles. The van der Waals surface area contributed by atoms with Crippen LogP contribution in [0, 0.1) is 5.92 Å². The molecule has 2 amide bonds. The highest BCUT2D eigenvalue weighted by Gasteiger charge is 2.32. The van der Waals surface area contributed by atoms with Crippen LogP contribution in [-0.4, -0.2) is 48.2 Å². The Hall–Kier alpha value is -3.75. The van der Waals surface area contributed by atoms with Crippen LogP contribution in [0.5, 0.6) is 0 Å². The number of alkyl carbamates (subject to hydrolysis) is 1. The summed E-state index contributed by atoms with van der Waals surface area (Å²) in [6.07, 6.45) is -0.507. The van der Waals surface area contributed by atoms with Gasteiger partial charge in [-0.3, -0.25) is 4.79 Å². The van der Waals surface area contributed by atoms with Crippen LogP contribution in [0.2, 0.25) is 0 Å². The summed E-state index contributed by atoms with van der Waals surface area (Å²) in [6, 6.07) is 13.8. The van der Waals surface area contributed by atoms with Gasteiger partial charge in [0.25, 0.3) is 0 Å². The Labute approximate surface area is 201 Å². The van der Waals surface area contributed by atoms with Crippen LogP contribution in [0.15, 0.2) is 60.7 Å². The van der Waals surface area contributed by atoms with Gasteiger partial charge in [0.2, 0.25) is 12.3 Å². The molecule has 0 heterocycles. The number of hydrogen-bond donors (Lipinski definition) is 3. The lowest BCUT2D eigenvalue weighted by Crippen LogP contribution is -2.47. The number of hydrogen-bond acceptors (Lipinski definition) is 4. The van der Waals surface area contributed by atoms with Gasteiger partial charge in [-0.1, -0.05) is 60.7 Å². The maximum absolute atomic E-state index is 12.6. The summed E-state index contributed by atoms with van der Waals surface area (Å²) >= 11 is 0. The monoisotopic (exact) mass is 484 g/mol. The molecule has 9 heteroatoms. The van der Waals surface area contributed by atoms with E-state index in [1.54, 1.807) is 12.2 Å². The molecule has 4 rings (SSSR count). The number of allylic oxidation sites excluding steroid dienone is 1. The Balaban J connectivity index is 1.32. The summed E-state index contributed by atoms with van der Waals surface area (Å²) in [5, 5.41) is 14.0. The molecule has 0 saturated heterocycles. The van der Waals surface area contributed by atoms with Gasteiger partial charge >= 0.3 is 12.1 Å². The molecule has 0 radical (unpaired) electrons. The third kappa shape index (κ3) is 5.67. The van der Waals surface area contributed by atoms with Gasteiger partial charge in [0, 0.05) is 18.3 Å². The van der Waals surface area contributed by atoms with Gasteiger partial charge in [0.05, 0.1) is 6.04 Å². The second-order valence-corrected chi connectivity index (χ2v) is 8.70. The van der Waals surface area contributed by atoms with E-state index in [9.17, 15) is 23.2 Å². The Morgan fingerprint density at radius 1 is 1.03 bits per heavy atom. The second-order valence-electron chi connectivity index (χ2n) is 8.70. The zero-order valence-corrected chi connectivity index (χ0v) is 18.8. The summed E-state index contributed by atoms with van der Waals surface area (Å²) in [7, 11) is 0. The van der Waals surface area contributed by atoms with Gasteiger partial charge in [-0.05, 0) is 35.1 Å². The number of carbonyl (C=O) groups excluding carboxylic acids is 2. The highest BCUT2D eigenvalue weighted by molar-refractivity contribution is 5.85. The highest BCUT2D eigenvalue weighted by atomic mass is 19.3. The Bertz CT molecular complexity index is 1090. The van der Waals surface area contributed by atoms with Crippen molar-refractivity contribution in [3.05, 3.63) is 71.8 Å². The van der Waals surface area contributed by atoms with Crippen LogP contribution in [0.4, 0.5) is 13.6 Å². The van der Waals surface area contributed by atoms with Crippen molar-refractivity contribution >= 4 is 18.0 Å². The van der Waals surface area contributed by atoms with E-state index in [0.717, 1.165) is 22.3 Å². The minimum absolute atomic E-state index is 0.0867. The summed E-state index contributed by atoms with van der Waals surface area (Å²) in [6.45, 7) is 0.147. The number of carbonyl (C=O) groups is 3. The molecule has 2 aromatic carbocycles. The molecule has 35 heavy (non-hydrogen) atoms. The molecule has 3 unspecified atom stereocenters. The first-order valence-corrected chi connectivity index (χ1v) is 11.4. The van der Waals surface area contributed by atoms with Crippen LogP contribution < -0.4 is 10.6 Å². The van der Waals surface area contributed by atoms with Crippen LogP contribution in [0.1, 0.15) is 36.3 Å². The van der Waals surface area contributed by atoms with Crippen molar-refractivity contribution in [1.82, 2.24) is 10.6 Å². The molecule has 0 spiro atoms. The molecule has 0 aliphatic heterocycles. The average Bonchev–Trinajstić information content (AvgIpc) is 3.16. The van der Waals surface area contributed by atoms with Crippen molar-refractivity contribution in [3.63, 3.8) is 0 Å². The number of fused-ring (bicyclic) bond motifs is 3. The average molecular weight is 484 g/mol. The van der Waals surface area contributed by atoms with E-state index >= 15 is 0 Å². The fourth-order valence-corrected chi connectivity index (χ4v) is 4.69. The van der Waals surface area contributed by atoms with Crippen molar-refractivity contribution in [1.29, 1.82) is 0 Å². The van der Waals surface area contributed by atoms with Crippen LogP contribution >= 0.6 is 0 Å². The predicted molar refractivity (Wildman–Crippen MR) is 124 cm³/mol. The lowest BCUT2D eigenvalue weighted by Gasteiger charge is -2.26. The van der Waals surface area contributed by atoms with Crippen LogP contribution in [-0.2, 0) is 14.3 Å². The lowest BCUT2D eigenvalue weighted by atomic mass is 9.90. The maximum atomic E-state index is 12.6. The SMILES string of the molecule is O=C(NC1C=CCC(C(=O)NC(CC(F)F)C(=O)O)C1)OCC1c2ccccc2-c2ccccc21. The first-order chi connectivity index (χ1) is 16.8. The van der Waals surface area contributed by atoms with Gasteiger partial charge in [0.1, 0.15) is 12.6 Å². The second kappa shape index (κ2) is 10.7. The normalized spacial score (nSPS) is 19.5. The van der Waals surface area contributed by atoms with Crippen LogP contribution in [0.3, 0.4) is 0 Å². The quantitative estimate of drug-likeness (QED) is 0.490. The van der Waals surface area contributed by atoms with Gasteiger partial charge in [-0.15, -0.1) is 0 Å². The smallest absolute Gasteiger partial charge is 0.407 e. The molecular weight excluding hydrogens is 458 g/mol. The third-order valence-electron chi connectivity index (χ3n) is 6.37. The van der Waals surface area contributed by atoms with Crippen molar-refractivity contribution < 1.29 is 33.0 Å². The predicted octanol–water partition coefficient (Wildman–Crippen LogP) is 4.08. The van der Waals surface area contributed by atoms with Crippen molar-refractivity contribution in [2.24, 2.45) is 5.92 Å². The number of rotatable bonds is 8. The molecule has 2 aliphatic rings. The molecule has 0 fully saturated rings. The number of benzene rings is 2. The number of ether oxygens (including phenoxy) is 1. The number of nitrogens with one attached hydrogen (secondary N) is 2. The summed E-state index contributed by atoms with van der Waals surface area (Å²) in [5.41, 5.74) is 4.42. The zero-order valence-electron chi connectivity index (χ0n) is 18.8. The Morgan fingerprint density at radius 3 is 2.26 bits per heavy atom. The topological polar surface area (TPSA) is 105 Å². The first-order valence-electron chi connectivity index (χ1n) is 11.4. The zero-order chi connectivity index (χ0) is 24.9. The number of carboxylic acid groups (broad SMARTS) is 1. The number of aliphatic carboxylic acids is 1. The molecular formula is C26H26F2N2O5. The molecule has 3 atom stereocenters. The van der Waals surface area contributed by atoms with Gasteiger partial charge < -0.3 is 20.5 Å². The van der Waals surface area contributed by atoms with E-state index in [4.69, 9.17) is 9.84 Å². The minimum atomic E-state index is -2.86. The molecule has 3 N–H and O–H groups in total. The standard InChI is InChI=1S/C26H26F2N2O5/c27-23(28)13-22(25(32)33)30-24(31)15-6-5-7-16(12-15)29-26(34)35-14-21-19-10-3-1-8-17(19)18-9-2-4-11-20(18)21/h1-5,7-11,15-16,21-23H,6,12-14H2,(H,29,34)(H,30,31)(H,32,33). The molecule has 184 valence electrons. The van der Waals surface area contributed by atoms with E-state index in [1.165, 1.54) is 0 Å². The van der Waals surface area contributed by atoms with Gasteiger partial charge in [0.15, 0.2) is 0 Å². The Kier molecular flexibility index (Phi) is 7.43. The van der Waals surface area contributed by atoms with Crippen LogP contribution in [0.25, 0.3) is 11.1 Å². The van der Waals surface area contributed by atoms with E-state index in [2.05, 4.69) is 10.6 Å². The highest BCUT2D eigenvalue weighted by Crippen LogP contribution is 2.44. The van der Waals surface area contributed by atoms with E-state index in [-0.39, 0.29) is 18.9 Å². The van der Waals surface area contributed by atoms with Crippen molar-refractivity contribution in [3.8, 4) is 11.1 Å². The lowest BCUT2D eigenvalue weighted by molar-refractivity contribution is -0.143. The summed E-state index contributed by atoms with van der Waals surface area (Å²) in [4.78, 5) is 36.2. The molecule has 7 nitrogen and oxygen atoms in total. The van der Waals surface area contributed by atoms with Crippen molar-refractivity contribution in [2.75, 3.05) is 6.61 Å². The van der Waals surface area contributed by atoms with E-state index in [0.29, 0.717) is 6.42 Å². The van der Waals surface area contributed by atoms with Gasteiger partial charge in [-0.2, -0.15) is 0 Å².